The molecular formula is C15H21FN2O2. The molecule has 1 aliphatic rings. The number of likely N-dealkylation sites (tertiary alicyclic amines) is 1. The predicted octanol–water partition coefficient (Wildman–Crippen LogP) is 2.71. The van der Waals surface area contributed by atoms with E-state index < -0.39 is 0 Å². The van der Waals surface area contributed by atoms with E-state index in [1.54, 1.807) is 18.1 Å². The molecule has 1 aromatic rings. The molecule has 110 valence electrons. The first kappa shape index (κ1) is 14.8. The second kappa shape index (κ2) is 7.24. The second-order valence-corrected chi connectivity index (χ2v) is 4.98. The average Bonchev–Trinajstić information content (AvgIpc) is 2.93. The fourth-order valence-corrected chi connectivity index (χ4v) is 2.58. The molecule has 2 amide bonds. The molecular weight excluding hydrogens is 259 g/mol. The van der Waals surface area contributed by atoms with Crippen LogP contribution in [0.1, 0.15) is 30.9 Å². The van der Waals surface area contributed by atoms with Crippen LogP contribution in [0.4, 0.5) is 9.18 Å². The molecule has 1 aliphatic heterocycles. The maximum absolute atomic E-state index is 13.3. The Morgan fingerprint density at radius 1 is 1.55 bits per heavy atom. The van der Waals surface area contributed by atoms with Crippen LogP contribution < -0.4 is 5.32 Å². The number of methoxy groups -OCH3 is 1. The summed E-state index contributed by atoms with van der Waals surface area (Å²) in [5, 5.41) is 2.89. The van der Waals surface area contributed by atoms with Crippen LogP contribution in [0.5, 0.6) is 0 Å². The summed E-state index contributed by atoms with van der Waals surface area (Å²) in [5.41, 5.74) is 0.870. The van der Waals surface area contributed by atoms with Crippen molar-refractivity contribution in [2.45, 2.75) is 25.3 Å². The van der Waals surface area contributed by atoms with E-state index in [0.29, 0.717) is 13.2 Å². The molecule has 1 unspecified atom stereocenters. The summed E-state index contributed by atoms with van der Waals surface area (Å²) in [6.45, 7) is 1.95. The van der Waals surface area contributed by atoms with Crippen LogP contribution >= 0.6 is 0 Å². The topological polar surface area (TPSA) is 41.6 Å². The fourth-order valence-electron chi connectivity index (χ4n) is 2.58. The third-order valence-corrected chi connectivity index (χ3v) is 3.55. The number of amides is 2. The van der Waals surface area contributed by atoms with E-state index in [9.17, 15) is 9.18 Å². The number of nitrogens with zero attached hydrogens (tertiary/aromatic N) is 1. The molecule has 5 heteroatoms. The predicted molar refractivity (Wildman–Crippen MR) is 75.0 cm³/mol. The zero-order chi connectivity index (χ0) is 14.4. The molecule has 0 saturated carbocycles. The molecule has 0 radical (unpaired) electrons. The molecule has 1 saturated heterocycles. The van der Waals surface area contributed by atoms with E-state index in [1.807, 2.05) is 6.07 Å². The minimum absolute atomic E-state index is 0.0203. The number of hydrogen-bond donors (Lipinski definition) is 1. The van der Waals surface area contributed by atoms with E-state index in [-0.39, 0.29) is 17.9 Å². The van der Waals surface area contributed by atoms with Crippen LogP contribution in [0.25, 0.3) is 0 Å². The van der Waals surface area contributed by atoms with Gasteiger partial charge >= 0.3 is 6.03 Å². The van der Waals surface area contributed by atoms with Gasteiger partial charge in [0.25, 0.3) is 0 Å². The van der Waals surface area contributed by atoms with Crippen molar-refractivity contribution in [2.24, 2.45) is 0 Å². The number of ether oxygens (including phenoxy) is 1. The SMILES string of the molecule is COCCCNC(=O)N1CCCC1c1cccc(F)c1. The van der Waals surface area contributed by atoms with Crippen LogP contribution in [0.15, 0.2) is 24.3 Å². The first-order valence-corrected chi connectivity index (χ1v) is 7.01. The van der Waals surface area contributed by atoms with Gasteiger partial charge in [-0.25, -0.2) is 9.18 Å². The van der Waals surface area contributed by atoms with Crippen LogP contribution in [0, 0.1) is 5.82 Å². The highest BCUT2D eigenvalue weighted by Crippen LogP contribution is 2.31. The van der Waals surface area contributed by atoms with Crippen molar-refractivity contribution in [3.05, 3.63) is 35.6 Å². The monoisotopic (exact) mass is 280 g/mol. The molecule has 0 aromatic heterocycles. The number of carbonyl (C=O) groups is 1. The van der Waals surface area contributed by atoms with E-state index >= 15 is 0 Å². The van der Waals surface area contributed by atoms with Gasteiger partial charge in [0.15, 0.2) is 0 Å². The molecule has 1 atom stereocenters. The molecule has 4 nitrogen and oxygen atoms in total. The Bertz CT molecular complexity index is 453. The van der Waals surface area contributed by atoms with Gasteiger partial charge in [-0.2, -0.15) is 0 Å². The third-order valence-electron chi connectivity index (χ3n) is 3.55. The van der Waals surface area contributed by atoms with Crippen molar-refractivity contribution in [1.82, 2.24) is 10.2 Å². The Kier molecular flexibility index (Phi) is 5.35. The largest absolute Gasteiger partial charge is 0.385 e. The summed E-state index contributed by atoms with van der Waals surface area (Å²) in [4.78, 5) is 14.0. The Hall–Kier alpha value is -1.62. The quantitative estimate of drug-likeness (QED) is 0.843. The lowest BCUT2D eigenvalue weighted by molar-refractivity contribution is 0.182. The van der Waals surface area contributed by atoms with Crippen molar-refractivity contribution < 1.29 is 13.9 Å². The van der Waals surface area contributed by atoms with Gasteiger partial charge in [0.05, 0.1) is 6.04 Å². The normalized spacial score (nSPS) is 18.3. The second-order valence-electron chi connectivity index (χ2n) is 4.98. The van der Waals surface area contributed by atoms with Gasteiger partial charge < -0.3 is 15.0 Å². The maximum Gasteiger partial charge on any atom is 0.317 e. The molecule has 1 aromatic carbocycles. The highest BCUT2D eigenvalue weighted by molar-refractivity contribution is 5.75. The Morgan fingerprint density at radius 3 is 3.15 bits per heavy atom. The van der Waals surface area contributed by atoms with Gasteiger partial charge in [0, 0.05) is 26.8 Å². The number of nitrogens with one attached hydrogen (secondary N) is 1. The van der Waals surface area contributed by atoms with Crippen LogP contribution in [0.3, 0.4) is 0 Å². The highest BCUT2D eigenvalue weighted by atomic mass is 19.1. The smallest absolute Gasteiger partial charge is 0.317 e. The number of halogens is 1. The molecule has 2 rings (SSSR count). The number of urea groups is 1. The zero-order valence-electron chi connectivity index (χ0n) is 11.8. The minimum Gasteiger partial charge on any atom is -0.385 e. The highest BCUT2D eigenvalue weighted by Gasteiger charge is 2.29. The fraction of sp³-hybridized carbons (Fsp3) is 0.533. The van der Waals surface area contributed by atoms with E-state index in [1.165, 1.54) is 12.1 Å². The van der Waals surface area contributed by atoms with Gasteiger partial charge in [-0.15, -0.1) is 0 Å². The number of carbonyl (C=O) groups excluding carboxylic acids is 1. The average molecular weight is 280 g/mol. The first-order valence-electron chi connectivity index (χ1n) is 7.01. The molecule has 1 N–H and O–H groups in total. The maximum atomic E-state index is 13.3. The summed E-state index contributed by atoms with van der Waals surface area (Å²) in [7, 11) is 1.64. The number of rotatable bonds is 5. The third kappa shape index (κ3) is 3.70. The Balaban J connectivity index is 1.95. The minimum atomic E-state index is -0.255. The van der Waals surface area contributed by atoms with Crippen molar-refractivity contribution in [3.8, 4) is 0 Å². The number of hydrogen-bond acceptors (Lipinski definition) is 2. The van der Waals surface area contributed by atoms with Gasteiger partial charge in [-0.3, -0.25) is 0 Å². The van der Waals surface area contributed by atoms with E-state index in [2.05, 4.69) is 5.32 Å². The van der Waals surface area contributed by atoms with E-state index in [4.69, 9.17) is 4.74 Å². The summed E-state index contributed by atoms with van der Waals surface area (Å²) >= 11 is 0. The number of benzene rings is 1. The van der Waals surface area contributed by atoms with Gasteiger partial charge in [0.1, 0.15) is 5.82 Å². The summed E-state index contributed by atoms with van der Waals surface area (Å²) in [6.07, 6.45) is 2.63. The van der Waals surface area contributed by atoms with Crippen molar-refractivity contribution in [1.29, 1.82) is 0 Å². The van der Waals surface area contributed by atoms with Crippen molar-refractivity contribution >= 4 is 6.03 Å². The lowest BCUT2D eigenvalue weighted by atomic mass is 10.0. The van der Waals surface area contributed by atoms with Gasteiger partial charge in [-0.1, -0.05) is 12.1 Å². The van der Waals surface area contributed by atoms with Crippen LogP contribution in [-0.4, -0.2) is 37.7 Å². The summed E-state index contributed by atoms with van der Waals surface area (Å²) in [5.74, 6) is -0.255. The standard InChI is InChI=1S/C15H21FN2O2/c1-20-10-4-8-17-15(19)18-9-3-7-14(18)12-5-2-6-13(16)11-12/h2,5-6,11,14H,3-4,7-10H2,1H3,(H,17,19). The molecule has 20 heavy (non-hydrogen) atoms. The molecule has 1 heterocycles. The van der Waals surface area contributed by atoms with Crippen LogP contribution in [-0.2, 0) is 4.74 Å². The summed E-state index contributed by atoms with van der Waals surface area (Å²) < 4.78 is 18.2. The molecule has 0 spiro atoms. The summed E-state index contributed by atoms with van der Waals surface area (Å²) in [6, 6.07) is 6.41. The lowest BCUT2D eigenvalue weighted by Crippen LogP contribution is -2.40. The zero-order valence-corrected chi connectivity index (χ0v) is 11.8. The van der Waals surface area contributed by atoms with Gasteiger partial charge in [0.2, 0.25) is 0 Å². The Labute approximate surface area is 118 Å². The lowest BCUT2D eigenvalue weighted by Gasteiger charge is -2.25. The first-order chi connectivity index (χ1) is 9.72. The molecule has 0 bridgehead atoms. The Morgan fingerprint density at radius 2 is 2.40 bits per heavy atom. The van der Waals surface area contributed by atoms with Crippen molar-refractivity contribution in [3.63, 3.8) is 0 Å². The van der Waals surface area contributed by atoms with Gasteiger partial charge in [-0.05, 0) is 37.0 Å². The van der Waals surface area contributed by atoms with Crippen LogP contribution in [0.2, 0.25) is 0 Å². The van der Waals surface area contributed by atoms with Crippen molar-refractivity contribution in [2.75, 3.05) is 26.8 Å². The van der Waals surface area contributed by atoms with E-state index in [0.717, 1.165) is 31.4 Å². The molecule has 0 aliphatic carbocycles. The molecule has 1 fully saturated rings.